The second kappa shape index (κ2) is 16.4. The van der Waals surface area contributed by atoms with Crippen molar-refractivity contribution in [3.05, 3.63) is 34.9 Å². The molecule has 0 aliphatic rings. The van der Waals surface area contributed by atoms with Gasteiger partial charge in [0.2, 0.25) is 0 Å². The Morgan fingerprint density at radius 1 is 0.821 bits per heavy atom. The minimum absolute atomic E-state index is 0.0391. The molecule has 0 saturated heterocycles. The summed E-state index contributed by atoms with van der Waals surface area (Å²) in [6.45, 7) is 2.83. The third kappa shape index (κ3) is 13.6. The SMILES string of the molecule is CCCCCCCCCCCCOC(=O)CCC(=O)OCc1cccc(Cl)c1. The molecule has 0 bridgehead atoms. The average Bonchev–Trinajstić information content (AvgIpc) is 2.69. The number of unbranched alkanes of at least 4 members (excludes halogenated alkanes) is 9. The fourth-order valence-corrected chi connectivity index (χ4v) is 3.13. The van der Waals surface area contributed by atoms with Gasteiger partial charge in [0.25, 0.3) is 0 Å². The molecule has 0 radical (unpaired) electrons. The minimum atomic E-state index is -0.407. The van der Waals surface area contributed by atoms with E-state index in [9.17, 15) is 9.59 Å². The van der Waals surface area contributed by atoms with E-state index in [4.69, 9.17) is 21.1 Å². The number of ether oxygens (including phenoxy) is 2. The minimum Gasteiger partial charge on any atom is -0.466 e. The van der Waals surface area contributed by atoms with Crippen LogP contribution < -0.4 is 0 Å². The summed E-state index contributed by atoms with van der Waals surface area (Å²) in [7, 11) is 0. The van der Waals surface area contributed by atoms with Gasteiger partial charge in [0, 0.05) is 5.02 Å². The van der Waals surface area contributed by atoms with Crippen molar-refractivity contribution in [3.8, 4) is 0 Å². The van der Waals surface area contributed by atoms with Crippen molar-refractivity contribution in [2.24, 2.45) is 0 Å². The van der Waals surface area contributed by atoms with Gasteiger partial charge < -0.3 is 9.47 Å². The zero-order chi connectivity index (χ0) is 20.5. The van der Waals surface area contributed by atoms with Gasteiger partial charge in [0.15, 0.2) is 0 Å². The van der Waals surface area contributed by atoms with Crippen LogP contribution in [0.3, 0.4) is 0 Å². The number of carbonyl (C=O) groups excluding carboxylic acids is 2. The Labute approximate surface area is 174 Å². The second-order valence-corrected chi connectivity index (χ2v) is 7.63. The zero-order valence-electron chi connectivity index (χ0n) is 17.2. The van der Waals surface area contributed by atoms with E-state index < -0.39 is 5.97 Å². The van der Waals surface area contributed by atoms with E-state index >= 15 is 0 Å². The average molecular weight is 411 g/mol. The smallest absolute Gasteiger partial charge is 0.306 e. The molecule has 1 aromatic rings. The first-order valence-electron chi connectivity index (χ1n) is 10.7. The number of halogens is 1. The lowest BCUT2D eigenvalue weighted by molar-refractivity contribution is -0.151. The molecule has 0 aliphatic heterocycles. The van der Waals surface area contributed by atoms with Crippen LogP contribution in [0.2, 0.25) is 5.02 Å². The van der Waals surface area contributed by atoms with E-state index in [1.807, 2.05) is 6.07 Å². The number of hydrogen-bond acceptors (Lipinski definition) is 4. The molecule has 0 aliphatic carbocycles. The van der Waals surface area contributed by atoms with Crippen molar-refractivity contribution >= 4 is 23.5 Å². The first-order valence-corrected chi connectivity index (χ1v) is 11.0. The standard InChI is InChI=1S/C23H35ClO4/c1-2-3-4-5-6-7-8-9-10-11-17-27-22(25)15-16-23(26)28-19-20-13-12-14-21(24)18-20/h12-14,18H,2-11,15-17,19H2,1H3. The Kier molecular flexibility index (Phi) is 14.4. The van der Waals surface area contributed by atoms with Gasteiger partial charge >= 0.3 is 11.9 Å². The van der Waals surface area contributed by atoms with Crippen molar-refractivity contribution in [3.63, 3.8) is 0 Å². The Bertz CT molecular complexity index is 559. The molecule has 0 atom stereocenters. The third-order valence-corrected chi connectivity index (χ3v) is 4.82. The Hall–Kier alpha value is -1.55. The van der Waals surface area contributed by atoms with Crippen LogP contribution in [-0.2, 0) is 25.7 Å². The highest BCUT2D eigenvalue weighted by Gasteiger charge is 2.09. The van der Waals surface area contributed by atoms with Gasteiger partial charge in [-0.05, 0) is 24.1 Å². The summed E-state index contributed by atoms with van der Waals surface area (Å²) in [4.78, 5) is 23.4. The Balaban J connectivity index is 1.92. The first-order chi connectivity index (χ1) is 13.6. The molecule has 28 heavy (non-hydrogen) atoms. The maximum absolute atomic E-state index is 11.7. The number of carbonyl (C=O) groups is 2. The number of hydrogen-bond donors (Lipinski definition) is 0. The number of benzene rings is 1. The van der Waals surface area contributed by atoms with E-state index in [0.29, 0.717) is 11.6 Å². The third-order valence-electron chi connectivity index (χ3n) is 4.58. The molecule has 0 N–H and O–H groups in total. The molecule has 1 rings (SSSR count). The zero-order valence-corrected chi connectivity index (χ0v) is 18.0. The summed E-state index contributed by atoms with van der Waals surface area (Å²) in [6, 6.07) is 7.14. The molecule has 0 spiro atoms. The van der Waals surface area contributed by atoms with Crippen LogP contribution in [0.5, 0.6) is 0 Å². The van der Waals surface area contributed by atoms with Gasteiger partial charge in [0.1, 0.15) is 6.61 Å². The molecule has 1 aromatic carbocycles. The van der Waals surface area contributed by atoms with Gasteiger partial charge in [-0.2, -0.15) is 0 Å². The summed E-state index contributed by atoms with van der Waals surface area (Å²) >= 11 is 5.88. The van der Waals surface area contributed by atoms with E-state index in [-0.39, 0.29) is 25.4 Å². The number of esters is 2. The van der Waals surface area contributed by atoms with E-state index in [2.05, 4.69) is 6.92 Å². The quantitative estimate of drug-likeness (QED) is 0.227. The van der Waals surface area contributed by atoms with Crippen molar-refractivity contribution in [2.45, 2.75) is 90.6 Å². The molecule has 0 fully saturated rings. The van der Waals surface area contributed by atoms with Crippen molar-refractivity contribution in [2.75, 3.05) is 6.61 Å². The highest BCUT2D eigenvalue weighted by molar-refractivity contribution is 6.30. The predicted molar refractivity (Wildman–Crippen MR) is 113 cm³/mol. The topological polar surface area (TPSA) is 52.6 Å². The molecule has 0 amide bonds. The van der Waals surface area contributed by atoms with Crippen LogP contribution in [-0.4, -0.2) is 18.5 Å². The molecule has 5 heteroatoms. The van der Waals surface area contributed by atoms with Crippen molar-refractivity contribution in [1.82, 2.24) is 0 Å². The molecule has 4 nitrogen and oxygen atoms in total. The monoisotopic (exact) mass is 410 g/mol. The van der Waals surface area contributed by atoms with Crippen LogP contribution in [0.1, 0.15) is 89.5 Å². The van der Waals surface area contributed by atoms with Gasteiger partial charge in [-0.25, -0.2) is 0 Å². The van der Waals surface area contributed by atoms with Gasteiger partial charge in [-0.15, -0.1) is 0 Å². The predicted octanol–water partition coefficient (Wildman–Crippen LogP) is 6.63. The summed E-state index contributed by atoms with van der Waals surface area (Å²) in [5.41, 5.74) is 0.824. The van der Waals surface area contributed by atoms with Crippen molar-refractivity contribution in [1.29, 1.82) is 0 Å². The normalized spacial score (nSPS) is 10.6. The number of rotatable bonds is 16. The van der Waals surface area contributed by atoms with E-state index in [1.54, 1.807) is 18.2 Å². The van der Waals surface area contributed by atoms with Crippen LogP contribution in [0.4, 0.5) is 0 Å². The Morgan fingerprint density at radius 3 is 2.00 bits per heavy atom. The lowest BCUT2D eigenvalue weighted by atomic mass is 10.1. The Morgan fingerprint density at radius 2 is 1.39 bits per heavy atom. The lowest BCUT2D eigenvalue weighted by Crippen LogP contribution is -2.11. The summed E-state index contributed by atoms with van der Waals surface area (Å²) in [5, 5.41) is 0.601. The molecule has 0 unspecified atom stereocenters. The van der Waals surface area contributed by atoms with E-state index in [0.717, 1.165) is 18.4 Å². The summed E-state index contributed by atoms with van der Waals surface area (Å²) < 4.78 is 10.3. The second-order valence-electron chi connectivity index (χ2n) is 7.19. The van der Waals surface area contributed by atoms with Crippen LogP contribution >= 0.6 is 11.6 Å². The van der Waals surface area contributed by atoms with Crippen molar-refractivity contribution < 1.29 is 19.1 Å². The maximum Gasteiger partial charge on any atom is 0.306 e. The van der Waals surface area contributed by atoms with Gasteiger partial charge in [-0.1, -0.05) is 88.4 Å². The van der Waals surface area contributed by atoms with E-state index in [1.165, 1.54) is 51.4 Å². The van der Waals surface area contributed by atoms with Gasteiger partial charge in [0.05, 0.1) is 19.4 Å². The largest absolute Gasteiger partial charge is 0.466 e. The highest BCUT2D eigenvalue weighted by atomic mass is 35.5. The summed E-state index contributed by atoms with van der Waals surface area (Å²) in [5.74, 6) is -0.744. The highest BCUT2D eigenvalue weighted by Crippen LogP contribution is 2.12. The summed E-state index contributed by atoms with van der Waals surface area (Å²) in [6.07, 6.45) is 12.5. The first kappa shape index (κ1) is 24.5. The molecule has 0 aromatic heterocycles. The molecule has 0 heterocycles. The van der Waals surface area contributed by atoms with Crippen LogP contribution in [0.15, 0.2) is 24.3 Å². The molecule has 158 valence electrons. The molecular formula is C23H35ClO4. The maximum atomic E-state index is 11.7. The fraction of sp³-hybridized carbons (Fsp3) is 0.652. The van der Waals surface area contributed by atoms with Gasteiger partial charge in [-0.3, -0.25) is 9.59 Å². The lowest BCUT2D eigenvalue weighted by Gasteiger charge is -2.06. The van der Waals surface area contributed by atoms with Crippen LogP contribution in [0.25, 0.3) is 0 Å². The molecule has 0 saturated carbocycles. The molecular weight excluding hydrogens is 376 g/mol. The fourth-order valence-electron chi connectivity index (χ4n) is 2.91. The van der Waals surface area contributed by atoms with Crippen LogP contribution in [0, 0.1) is 0 Å².